The number of nitrogens with two attached hydrogens (primary N) is 1. The summed E-state index contributed by atoms with van der Waals surface area (Å²) in [4.78, 5) is 0.316. The summed E-state index contributed by atoms with van der Waals surface area (Å²) in [5.74, 6) is 0. The highest BCUT2D eigenvalue weighted by atomic mass is 32.2. The minimum atomic E-state index is -2.12. The maximum atomic E-state index is 10.4. The van der Waals surface area contributed by atoms with E-state index >= 15 is 0 Å². The molecule has 1 aromatic rings. The fourth-order valence-electron chi connectivity index (χ4n) is 0.934. The monoisotopic (exact) mass is 184 g/mol. The van der Waals surface area contributed by atoms with E-state index in [0.717, 1.165) is 12.0 Å². The van der Waals surface area contributed by atoms with E-state index in [0.29, 0.717) is 11.4 Å². The fraction of sp³-hybridized carbons (Fsp3) is 0.250. The zero-order valence-electron chi connectivity index (χ0n) is 6.53. The van der Waals surface area contributed by atoms with Crippen molar-refractivity contribution in [3.05, 3.63) is 29.8 Å². The van der Waals surface area contributed by atoms with Crippen LogP contribution in [0.15, 0.2) is 29.2 Å². The van der Waals surface area contributed by atoms with Crippen LogP contribution in [0.5, 0.6) is 0 Å². The molecule has 0 spiro atoms. The normalized spacial score (nSPS) is 12.8. The highest BCUT2D eigenvalue weighted by Gasteiger charge is 1.92. The van der Waals surface area contributed by atoms with Crippen molar-refractivity contribution in [2.45, 2.75) is 11.3 Å². The van der Waals surface area contributed by atoms with Gasteiger partial charge in [-0.1, -0.05) is 12.1 Å². The maximum Gasteiger partial charge on any atom is 0.0248 e. The van der Waals surface area contributed by atoms with E-state index in [2.05, 4.69) is 0 Å². The van der Waals surface area contributed by atoms with Crippen molar-refractivity contribution in [1.82, 2.24) is 0 Å². The Morgan fingerprint density at radius 1 is 1.33 bits per heavy atom. The van der Waals surface area contributed by atoms with Gasteiger partial charge in [-0.2, -0.15) is 0 Å². The smallest absolute Gasteiger partial charge is 0.0248 e. The second-order valence-corrected chi connectivity index (χ2v) is 3.36. The molecule has 1 rings (SSSR count). The van der Waals surface area contributed by atoms with Gasteiger partial charge in [0.1, 0.15) is 0 Å². The van der Waals surface area contributed by atoms with Gasteiger partial charge >= 0.3 is 0 Å². The number of hydrogen-bond acceptors (Lipinski definition) is 3. The molecule has 66 valence electrons. The summed E-state index contributed by atoms with van der Waals surface area (Å²) in [6.45, 7) is 0.583. The van der Waals surface area contributed by atoms with Crippen LogP contribution in [-0.2, 0) is 17.5 Å². The second kappa shape index (κ2) is 4.35. The van der Waals surface area contributed by atoms with Crippen LogP contribution >= 0.6 is 0 Å². The molecule has 1 aromatic carbocycles. The predicted octanol–water partition coefficient (Wildman–Crippen LogP) is 0.426. The highest BCUT2D eigenvalue weighted by Crippen LogP contribution is 2.07. The molecular formula is C8H10NO2S-. The van der Waals surface area contributed by atoms with Crippen molar-refractivity contribution in [2.24, 2.45) is 5.73 Å². The van der Waals surface area contributed by atoms with Crippen LogP contribution in [-0.4, -0.2) is 15.3 Å². The van der Waals surface area contributed by atoms with E-state index < -0.39 is 11.1 Å². The van der Waals surface area contributed by atoms with E-state index in [-0.39, 0.29) is 0 Å². The fourth-order valence-corrected chi connectivity index (χ4v) is 1.29. The number of rotatable bonds is 3. The third-order valence-electron chi connectivity index (χ3n) is 1.55. The van der Waals surface area contributed by atoms with Gasteiger partial charge in [-0.05, 0) is 41.7 Å². The average Bonchev–Trinajstić information content (AvgIpc) is 2.06. The summed E-state index contributed by atoms with van der Waals surface area (Å²) >= 11 is -2.12. The van der Waals surface area contributed by atoms with Crippen molar-refractivity contribution in [3.8, 4) is 0 Å². The van der Waals surface area contributed by atoms with Crippen molar-refractivity contribution < 1.29 is 8.76 Å². The molecule has 12 heavy (non-hydrogen) atoms. The maximum absolute atomic E-state index is 10.4. The van der Waals surface area contributed by atoms with Crippen molar-refractivity contribution >= 4 is 11.1 Å². The highest BCUT2D eigenvalue weighted by molar-refractivity contribution is 7.79. The first-order chi connectivity index (χ1) is 5.74. The summed E-state index contributed by atoms with van der Waals surface area (Å²) in [7, 11) is 0. The Morgan fingerprint density at radius 3 is 2.33 bits per heavy atom. The molecule has 0 bridgehead atoms. The van der Waals surface area contributed by atoms with Crippen molar-refractivity contribution in [1.29, 1.82) is 0 Å². The van der Waals surface area contributed by atoms with Gasteiger partial charge in [-0.3, -0.25) is 4.21 Å². The van der Waals surface area contributed by atoms with E-state index in [1.54, 1.807) is 24.3 Å². The second-order valence-electron chi connectivity index (χ2n) is 2.42. The van der Waals surface area contributed by atoms with Gasteiger partial charge in [0.2, 0.25) is 0 Å². The lowest BCUT2D eigenvalue weighted by atomic mass is 10.2. The van der Waals surface area contributed by atoms with E-state index in [1.807, 2.05) is 0 Å². The molecule has 3 nitrogen and oxygen atoms in total. The largest absolute Gasteiger partial charge is 0.768 e. The van der Waals surface area contributed by atoms with Crippen LogP contribution in [0, 0.1) is 0 Å². The molecule has 1 unspecified atom stereocenters. The molecule has 0 radical (unpaired) electrons. The zero-order chi connectivity index (χ0) is 8.97. The Bertz CT molecular complexity index is 271. The van der Waals surface area contributed by atoms with Gasteiger partial charge in [0.15, 0.2) is 0 Å². The number of hydrogen-bond donors (Lipinski definition) is 1. The molecule has 0 saturated carbocycles. The van der Waals surface area contributed by atoms with Crippen molar-refractivity contribution in [2.75, 3.05) is 6.54 Å². The Balaban J connectivity index is 2.78. The average molecular weight is 184 g/mol. The topological polar surface area (TPSA) is 66.2 Å². The standard InChI is InChI=1S/C8H11NO2S/c9-6-5-7-1-3-8(4-2-7)12(10)11/h1-4H,5-6,9H2,(H,10,11)/p-1. The summed E-state index contributed by atoms with van der Waals surface area (Å²) in [5.41, 5.74) is 6.40. The van der Waals surface area contributed by atoms with Crippen LogP contribution in [0.2, 0.25) is 0 Å². The molecule has 0 aliphatic carbocycles. The van der Waals surface area contributed by atoms with E-state index in [4.69, 9.17) is 5.73 Å². The van der Waals surface area contributed by atoms with E-state index in [1.165, 1.54) is 0 Å². The van der Waals surface area contributed by atoms with Gasteiger partial charge in [-0.15, -0.1) is 0 Å². The van der Waals surface area contributed by atoms with Crippen LogP contribution in [0.4, 0.5) is 0 Å². The zero-order valence-corrected chi connectivity index (χ0v) is 7.34. The molecule has 0 fully saturated rings. The Morgan fingerprint density at radius 2 is 1.92 bits per heavy atom. The van der Waals surface area contributed by atoms with Gasteiger partial charge in [0.05, 0.1) is 0 Å². The first kappa shape index (κ1) is 9.38. The molecule has 1 atom stereocenters. The minimum absolute atomic E-state index is 0.316. The van der Waals surface area contributed by atoms with Crippen LogP contribution < -0.4 is 5.73 Å². The molecule has 0 aromatic heterocycles. The first-order valence-corrected chi connectivity index (χ1v) is 4.70. The van der Waals surface area contributed by atoms with Crippen LogP contribution in [0.3, 0.4) is 0 Å². The lowest BCUT2D eigenvalue weighted by molar-refractivity contribution is 0.537. The summed E-state index contributed by atoms with van der Waals surface area (Å²) in [5, 5.41) is 0. The quantitative estimate of drug-likeness (QED) is 0.692. The predicted molar refractivity (Wildman–Crippen MR) is 46.4 cm³/mol. The molecule has 0 amide bonds. The van der Waals surface area contributed by atoms with Crippen LogP contribution in [0.1, 0.15) is 5.56 Å². The molecule has 0 saturated heterocycles. The summed E-state index contributed by atoms with van der Waals surface area (Å²) in [6, 6.07) is 6.71. The SMILES string of the molecule is NCCc1ccc(S(=O)[O-])cc1. The Kier molecular flexibility index (Phi) is 3.40. The first-order valence-electron chi connectivity index (χ1n) is 3.62. The van der Waals surface area contributed by atoms with Crippen LogP contribution in [0.25, 0.3) is 0 Å². The third kappa shape index (κ3) is 2.41. The lowest BCUT2D eigenvalue weighted by Crippen LogP contribution is -2.02. The third-order valence-corrected chi connectivity index (χ3v) is 2.21. The Labute approximate surface area is 73.9 Å². The van der Waals surface area contributed by atoms with Gasteiger partial charge in [-0.25, -0.2) is 0 Å². The molecule has 2 N–H and O–H groups in total. The Hall–Kier alpha value is -0.710. The molecular weight excluding hydrogens is 174 g/mol. The summed E-state index contributed by atoms with van der Waals surface area (Å²) in [6.07, 6.45) is 0.784. The molecule has 0 aliphatic rings. The van der Waals surface area contributed by atoms with E-state index in [9.17, 15) is 8.76 Å². The molecule has 4 heteroatoms. The lowest BCUT2D eigenvalue weighted by Gasteiger charge is -2.05. The van der Waals surface area contributed by atoms with Crippen molar-refractivity contribution in [3.63, 3.8) is 0 Å². The molecule has 0 heterocycles. The molecule has 0 aliphatic heterocycles. The van der Waals surface area contributed by atoms with Gasteiger partial charge in [0.25, 0.3) is 0 Å². The summed E-state index contributed by atoms with van der Waals surface area (Å²) < 4.78 is 20.9. The van der Waals surface area contributed by atoms with Gasteiger partial charge < -0.3 is 10.3 Å². The number of benzene rings is 1. The minimum Gasteiger partial charge on any atom is -0.768 e. The van der Waals surface area contributed by atoms with Gasteiger partial charge in [0, 0.05) is 4.90 Å².